The first-order chi connectivity index (χ1) is 13.7. The van der Waals surface area contributed by atoms with Crippen LogP contribution in [0.2, 0.25) is 0 Å². The smallest absolute Gasteiger partial charge is 0.221 e. The van der Waals surface area contributed by atoms with Crippen LogP contribution in [-0.4, -0.2) is 67.7 Å². The molecule has 1 aromatic rings. The maximum Gasteiger partial charge on any atom is 0.221 e. The summed E-state index contributed by atoms with van der Waals surface area (Å²) >= 11 is 0. The van der Waals surface area contributed by atoms with Crippen molar-refractivity contribution < 1.29 is 9.90 Å². The molecule has 0 unspecified atom stereocenters. The molecule has 2 aliphatic rings. The molecule has 3 rings (SSSR count). The summed E-state index contributed by atoms with van der Waals surface area (Å²) < 4.78 is 0. The highest BCUT2D eigenvalue weighted by Gasteiger charge is 2.21. The third-order valence-electron chi connectivity index (χ3n) is 5.62. The Labute approximate surface area is 167 Å². The van der Waals surface area contributed by atoms with E-state index in [0.29, 0.717) is 24.8 Å². The number of nitrogens with zero attached hydrogens (tertiary/aromatic N) is 3. The summed E-state index contributed by atoms with van der Waals surface area (Å²) in [6.45, 7) is 3.87. The number of phenolic OH excluding ortho intramolecular Hbond substituents is 1. The van der Waals surface area contributed by atoms with Gasteiger partial charge in [-0.05, 0) is 25.0 Å². The van der Waals surface area contributed by atoms with E-state index in [1.165, 1.54) is 19.3 Å². The van der Waals surface area contributed by atoms with E-state index in [4.69, 9.17) is 0 Å². The van der Waals surface area contributed by atoms with Crippen LogP contribution in [0.15, 0.2) is 29.3 Å². The maximum atomic E-state index is 12.2. The molecule has 1 aromatic carbocycles. The van der Waals surface area contributed by atoms with Gasteiger partial charge in [-0.15, -0.1) is 0 Å². The van der Waals surface area contributed by atoms with Gasteiger partial charge in [0.25, 0.3) is 0 Å². The van der Waals surface area contributed by atoms with Crippen LogP contribution in [0.3, 0.4) is 0 Å². The van der Waals surface area contributed by atoms with Crippen LogP contribution in [0.1, 0.15) is 38.5 Å². The molecule has 1 heterocycles. The standard InChI is InChI=1S/C21H33N5O2/c1-22-21(23-12-11-20(28)24-17-7-3-2-4-8-17)26-15-13-25(14-16-26)18-9-5-6-10-19(18)27/h5-6,9-10,17,27H,2-4,7-8,11-16H2,1H3,(H,22,23)(H,24,28). The van der Waals surface area contributed by atoms with Crippen LogP contribution in [-0.2, 0) is 4.79 Å². The predicted molar refractivity (Wildman–Crippen MR) is 113 cm³/mol. The number of amides is 1. The number of aromatic hydroxyl groups is 1. The van der Waals surface area contributed by atoms with Gasteiger partial charge in [-0.25, -0.2) is 0 Å². The Morgan fingerprint density at radius 1 is 1.14 bits per heavy atom. The van der Waals surface area contributed by atoms with Gasteiger partial charge >= 0.3 is 0 Å². The van der Waals surface area contributed by atoms with Crippen molar-refractivity contribution in [1.82, 2.24) is 15.5 Å². The second-order valence-electron chi connectivity index (χ2n) is 7.59. The zero-order valence-electron chi connectivity index (χ0n) is 16.9. The minimum Gasteiger partial charge on any atom is -0.506 e. The number of carbonyl (C=O) groups is 1. The van der Waals surface area contributed by atoms with E-state index in [0.717, 1.165) is 50.7 Å². The van der Waals surface area contributed by atoms with Gasteiger partial charge in [0.2, 0.25) is 5.91 Å². The predicted octanol–water partition coefficient (Wildman–Crippen LogP) is 1.93. The molecule has 1 aliphatic carbocycles. The van der Waals surface area contributed by atoms with Gasteiger partial charge in [0.15, 0.2) is 5.96 Å². The Morgan fingerprint density at radius 3 is 2.54 bits per heavy atom. The normalized spacial score (nSPS) is 18.8. The summed E-state index contributed by atoms with van der Waals surface area (Å²) in [5, 5.41) is 16.5. The summed E-state index contributed by atoms with van der Waals surface area (Å²) in [7, 11) is 1.78. The molecule has 7 heteroatoms. The Hall–Kier alpha value is -2.44. The summed E-state index contributed by atoms with van der Waals surface area (Å²) in [6.07, 6.45) is 6.43. The van der Waals surface area contributed by atoms with Crippen molar-refractivity contribution in [2.45, 2.75) is 44.6 Å². The molecular weight excluding hydrogens is 354 g/mol. The number of benzene rings is 1. The molecule has 154 valence electrons. The monoisotopic (exact) mass is 387 g/mol. The fourth-order valence-corrected chi connectivity index (χ4v) is 4.06. The van der Waals surface area contributed by atoms with Crippen LogP contribution in [0, 0.1) is 0 Å². The first-order valence-electron chi connectivity index (χ1n) is 10.5. The SMILES string of the molecule is CN=C(NCCC(=O)NC1CCCCC1)N1CCN(c2ccccc2O)CC1. The quantitative estimate of drug-likeness (QED) is 0.531. The van der Waals surface area contributed by atoms with Crippen molar-refractivity contribution in [2.75, 3.05) is 44.7 Å². The number of phenols is 1. The molecule has 0 spiro atoms. The summed E-state index contributed by atoms with van der Waals surface area (Å²) in [4.78, 5) is 20.9. The summed E-state index contributed by atoms with van der Waals surface area (Å²) in [6, 6.07) is 7.82. The van der Waals surface area contributed by atoms with Crippen molar-refractivity contribution in [3.8, 4) is 5.75 Å². The van der Waals surface area contributed by atoms with Gasteiger partial charge in [-0.2, -0.15) is 0 Å². The average molecular weight is 388 g/mol. The van der Waals surface area contributed by atoms with E-state index in [1.807, 2.05) is 18.2 Å². The van der Waals surface area contributed by atoms with Crippen molar-refractivity contribution in [2.24, 2.45) is 4.99 Å². The minimum absolute atomic E-state index is 0.124. The molecule has 0 atom stereocenters. The Bertz CT molecular complexity index is 665. The van der Waals surface area contributed by atoms with Crippen LogP contribution < -0.4 is 15.5 Å². The molecule has 0 radical (unpaired) electrons. The van der Waals surface area contributed by atoms with Crippen LogP contribution in [0.4, 0.5) is 5.69 Å². The fourth-order valence-electron chi connectivity index (χ4n) is 4.06. The number of para-hydroxylation sites is 2. The zero-order chi connectivity index (χ0) is 19.8. The second kappa shape index (κ2) is 10.2. The van der Waals surface area contributed by atoms with Gasteiger partial charge in [-0.3, -0.25) is 9.79 Å². The molecule has 1 saturated heterocycles. The molecule has 3 N–H and O–H groups in total. The molecule has 1 amide bonds. The van der Waals surface area contributed by atoms with Crippen LogP contribution in [0.5, 0.6) is 5.75 Å². The number of guanidine groups is 1. The van der Waals surface area contributed by atoms with E-state index in [-0.39, 0.29) is 5.91 Å². The van der Waals surface area contributed by atoms with Gasteiger partial charge in [-0.1, -0.05) is 31.4 Å². The number of carbonyl (C=O) groups excluding carboxylic acids is 1. The average Bonchev–Trinajstić information content (AvgIpc) is 2.73. The topological polar surface area (TPSA) is 80.2 Å². The van der Waals surface area contributed by atoms with E-state index in [9.17, 15) is 9.90 Å². The lowest BCUT2D eigenvalue weighted by Gasteiger charge is -2.37. The molecular formula is C21H33N5O2. The molecule has 28 heavy (non-hydrogen) atoms. The minimum atomic E-state index is 0.124. The van der Waals surface area contributed by atoms with Crippen molar-refractivity contribution in [1.29, 1.82) is 0 Å². The molecule has 0 aromatic heterocycles. The lowest BCUT2D eigenvalue weighted by molar-refractivity contribution is -0.121. The molecule has 1 aliphatic heterocycles. The summed E-state index contributed by atoms with van der Waals surface area (Å²) in [5.74, 6) is 1.28. The second-order valence-corrected chi connectivity index (χ2v) is 7.59. The number of piperazine rings is 1. The largest absolute Gasteiger partial charge is 0.506 e. The van der Waals surface area contributed by atoms with Gasteiger partial charge in [0.1, 0.15) is 5.75 Å². The first kappa shape index (κ1) is 20.3. The maximum absolute atomic E-state index is 12.2. The van der Waals surface area contributed by atoms with Gasteiger partial charge < -0.3 is 25.5 Å². The van der Waals surface area contributed by atoms with E-state index < -0.39 is 0 Å². The number of nitrogens with one attached hydrogen (secondary N) is 2. The third kappa shape index (κ3) is 5.53. The number of hydrogen-bond donors (Lipinski definition) is 3. The van der Waals surface area contributed by atoms with E-state index >= 15 is 0 Å². The third-order valence-corrected chi connectivity index (χ3v) is 5.62. The highest BCUT2D eigenvalue weighted by Crippen LogP contribution is 2.27. The Kier molecular flexibility index (Phi) is 7.39. The number of anilines is 1. The lowest BCUT2D eigenvalue weighted by atomic mass is 9.95. The van der Waals surface area contributed by atoms with Crippen molar-refractivity contribution >= 4 is 17.6 Å². The molecule has 7 nitrogen and oxygen atoms in total. The Balaban J connectivity index is 1.40. The molecule has 2 fully saturated rings. The Morgan fingerprint density at radius 2 is 1.86 bits per heavy atom. The van der Waals surface area contributed by atoms with E-state index in [2.05, 4.69) is 25.4 Å². The fraction of sp³-hybridized carbons (Fsp3) is 0.619. The van der Waals surface area contributed by atoms with Crippen LogP contribution in [0.25, 0.3) is 0 Å². The first-order valence-corrected chi connectivity index (χ1v) is 10.5. The highest BCUT2D eigenvalue weighted by molar-refractivity contribution is 5.81. The number of rotatable bonds is 5. The number of aliphatic imine (C=N–C) groups is 1. The molecule has 0 bridgehead atoms. The lowest BCUT2D eigenvalue weighted by Crippen LogP contribution is -2.53. The van der Waals surface area contributed by atoms with Gasteiger partial charge in [0, 0.05) is 52.2 Å². The number of hydrogen-bond acceptors (Lipinski definition) is 4. The highest BCUT2D eigenvalue weighted by atomic mass is 16.3. The molecule has 1 saturated carbocycles. The van der Waals surface area contributed by atoms with Crippen molar-refractivity contribution in [3.63, 3.8) is 0 Å². The van der Waals surface area contributed by atoms with E-state index in [1.54, 1.807) is 13.1 Å². The summed E-state index contributed by atoms with van der Waals surface area (Å²) in [5.41, 5.74) is 0.879. The van der Waals surface area contributed by atoms with Crippen LogP contribution >= 0.6 is 0 Å². The van der Waals surface area contributed by atoms with Gasteiger partial charge in [0.05, 0.1) is 5.69 Å². The zero-order valence-corrected chi connectivity index (χ0v) is 16.9. The van der Waals surface area contributed by atoms with Crippen molar-refractivity contribution in [3.05, 3.63) is 24.3 Å².